The van der Waals surface area contributed by atoms with Crippen molar-refractivity contribution < 1.29 is 14.2 Å². The largest absolute Gasteiger partial charge is 0.475 e. The van der Waals surface area contributed by atoms with Crippen LogP contribution in [0.25, 0.3) is 0 Å². The summed E-state index contributed by atoms with van der Waals surface area (Å²) >= 11 is 9.18. The van der Waals surface area contributed by atoms with E-state index in [9.17, 15) is 0 Å². The second-order valence-electron chi connectivity index (χ2n) is 7.42. The van der Waals surface area contributed by atoms with Gasteiger partial charge in [0.1, 0.15) is 6.10 Å². The molecule has 2 unspecified atom stereocenters. The van der Waals surface area contributed by atoms with Crippen LogP contribution in [-0.2, 0) is 14.2 Å². The fourth-order valence-electron chi connectivity index (χ4n) is 4.36. The highest BCUT2D eigenvalue weighted by Gasteiger charge is 2.52. The summed E-state index contributed by atoms with van der Waals surface area (Å²) in [6, 6.07) is 0. The minimum atomic E-state index is -0.0187. The molecule has 0 aromatic rings. The summed E-state index contributed by atoms with van der Waals surface area (Å²) in [5, 5.41) is 0. The fraction of sp³-hybridized carbons (Fsp3) is 0.938. The van der Waals surface area contributed by atoms with Crippen molar-refractivity contribution in [3.8, 4) is 0 Å². The molecule has 2 bridgehead atoms. The topological polar surface area (TPSA) is 27.7 Å². The van der Waals surface area contributed by atoms with E-state index in [0.717, 1.165) is 38.7 Å². The van der Waals surface area contributed by atoms with Crippen LogP contribution >= 0.6 is 24.8 Å². The Morgan fingerprint density at radius 3 is 2.62 bits per heavy atom. The molecule has 3 aliphatic carbocycles. The highest BCUT2D eigenvalue weighted by atomic mass is 32.1. The van der Waals surface area contributed by atoms with Gasteiger partial charge in [-0.25, -0.2) is 0 Å². The van der Waals surface area contributed by atoms with Gasteiger partial charge >= 0.3 is 0 Å². The third-order valence-electron chi connectivity index (χ3n) is 5.57. The van der Waals surface area contributed by atoms with Gasteiger partial charge in [0.25, 0.3) is 0 Å². The number of fused-ring (bicyclic) bond motifs is 3. The van der Waals surface area contributed by atoms with Crippen LogP contribution in [0.2, 0.25) is 0 Å². The first-order valence-electron chi connectivity index (χ1n) is 8.12. The minimum Gasteiger partial charge on any atom is -0.475 e. The molecule has 4 aliphatic rings. The fourth-order valence-corrected chi connectivity index (χ4v) is 4.62. The maximum atomic E-state index is 6.30. The van der Waals surface area contributed by atoms with Crippen LogP contribution < -0.4 is 0 Å². The van der Waals surface area contributed by atoms with Gasteiger partial charge in [0.15, 0.2) is 6.29 Å². The molecule has 3 nitrogen and oxygen atoms in total. The van der Waals surface area contributed by atoms with E-state index in [1.54, 1.807) is 0 Å². The van der Waals surface area contributed by atoms with Gasteiger partial charge in [-0.2, -0.15) is 0 Å². The molecule has 0 aromatic carbocycles. The summed E-state index contributed by atoms with van der Waals surface area (Å²) in [4.78, 5) is 0. The summed E-state index contributed by atoms with van der Waals surface area (Å²) in [5.74, 6) is 1.03. The predicted octanol–water partition coefficient (Wildman–Crippen LogP) is 3.95. The Labute approximate surface area is 138 Å². The van der Waals surface area contributed by atoms with Gasteiger partial charge in [-0.3, -0.25) is 0 Å². The molecule has 1 heterocycles. The third-order valence-corrected chi connectivity index (χ3v) is 5.77. The number of rotatable bonds is 3. The van der Waals surface area contributed by atoms with Gasteiger partial charge in [0, 0.05) is 12.5 Å². The normalized spacial score (nSPS) is 41.8. The lowest BCUT2D eigenvalue weighted by Gasteiger charge is -2.55. The van der Waals surface area contributed by atoms with Crippen molar-refractivity contribution in [1.29, 1.82) is 0 Å². The Balaban J connectivity index is 1.68. The first kappa shape index (κ1) is 16.0. The predicted molar refractivity (Wildman–Crippen MR) is 89.5 cm³/mol. The van der Waals surface area contributed by atoms with Crippen LogP contribution in [0.3, 0.4) is 0 Å². The lowest BCUT2D eigenvalue weighted by molar-refractivity contribution is -0.237. The maximum absolute atomic E-state index is 6.30. The van der Waals surface area contributed by atoms with Crippen LogP contribution in [0.5, 0.6) is 0 Å². The van der Waals surface area contributed by atoms with Crippen molar-refractivity contribution in [2.24, 2.45) is 17.3 Å². The van der Waals surface area contributed by atoms with E-state index in [4.69, 9.17) is 26.4 Å². The van der Waals surface area contributed by atoms with E-state index in [2.05, 4.69) is 26.5 Å². The average molecular weight is 331 g/mol. The number of thiocarbonyl (C=S) groups is 1. The lowest BCUT2D eigenvalue weighted by atomic mass is 9.55. The SMILES string of the molecule is CC1(C)C[C@H]2C(OC(=S)S)C[C@@H]1C[C@@H]2OC1CCCCO1. The Hall–Kier alpha value is 0.160. The molecule has 5 heteroatoms. The molecule has 4 rings (SSSR count). The standard InChI is InChI=1S/C16H26O3S2/c1-16(2)9-11-12(18-14-5-3-4-6-17-14)7-10(16)8-13(11)19-15(20)21/h10-14H,3-9H2,1-2H3,(H,20,21)/t10-,11+,12-,13?,14?/m0/s1. The zero-order chi connectivity index (χ0) is 15.0. The van der Waals surface area contributed by atoms with E-state index < -0.39 is 0 Å². The first-order valence-corrected chi connectivity index (χ1v) is 8.98. The summed E-state index contributed by atoms with van der Waals surface area (Å²) < 4.78 is 18.2. The zero-order valence-corrected chi connectivity index (χ0v) is 14.6. The molecular formula is C16H26O3S2. The molecule has 5 atom stereocenters. The van der Waals surface area contributed by atoms with Crippen LogP contribution in [0.4, 0.5) is 0 Å². The van der Waals surface area contributed by atoms with Crippen molar-refractivity contribution in [3.63, 3.8) is 0 Å². The summed E-state index contributed by atoms with van der Waals surface area (Å²) in [6.07, 6.45) is 7.10. The molecule has 1 saturated heterocycles. The first-order chi connectivity index (χ1) is 9.95. The van der Waals surface area contributed by atoms with Crippen molar-refractivity contribution in [2.45, 2.75) is 70.9 Å². The second-order valence-corrected chi connectivity index (χ2v) is 8.50. The van der Waals surface area contributed by atoms with Gasteiger partial charge in [0.05, 0.1) is 6.10 Å². The summed E-state index contributed by atoms with van der Waals surface area (Å²) in [5.41, 5.74) is 0.371. The van der Waals surface area contributed by atoms with E-state index >= 15 is 0 Å². The van der Waals surface area contributed by atoms with Gasteiger partial charge in [-0.15, -0.1) is 0 Å². The Morgan fingerprint density at radius 2 is 2.00 bits per heavy atom. The zero-order valence-electron chi connectivity index (χ0n) is 12.9. The quantitative estimate of drug-likeness (QED) is 0.626. The Bertz CT molecular complexity index is 393. The Morgan fingerprint density at radius 1 is 1.24 bits per heavy atom. The monoisotopic (exact) mass is 330 g/mol. The lowest BCUT2D eigenvalue weighted by Crippen LogP contribution is -2.55. The average Bonchev–Trinajstić information content (AvgIpc) is 2.41. The highest BCUT2D eigenvalue weighted by Crippen LogP contribution is 2.54. The van der Waals surface area contributed by atoms with Gasteiger partial charge in [0.2, 0.25) is 4.38 Å². The molecule has 1 aliphatic heterocycles. The molecule has 0 radical (unpaired) electrons. The van der Waals surface area contributed by atoms with Crippen LogP contribution in [-0.4, -0.2) is 29.5 Å². The van der Waals surface area contributed by atoms with Gasteiger partial charge in [-0.05, 0) is 62.1 Å². The highest BCUT2D eigenvalue weighted by molar-refractivity contribution is 8.10. The Kier molecular flexibility index (Phi) is 4.84. The van der Waals surface area contributed by atoms with E-state index in [1.165, 1.54) is 6.42 Å². The summed E-state index contributed by atoms with van der Waals surface area (Å²) in [7, 11) is 0. The van der Waals surface area contributed by atoms with Crippen molar-refractivity contribution in [3.05, 3.63) is 0 Å². The van der Waals surface area contributed by atoms with Crippen LogP contribution in [0.15, 0.2) is 0 Å². The molecule has 3 saturated carbocycles. The van der Waals surface area contributed by atoms with Crippen LogP contribution in [0, 0.1) is 17.3 Å². The molecule has 4 fully saturated rings. The van der Waals surface area contributed by atoms with Crippen molar-refractivity contribution in [1.82, 2.24) is 0 Å². The maximum Gasteiger partial charge on any atom is 0.217 e. The summed E-state index contributed by atoms with van der Waals surface area (Å²) in [6.45, 7) is 5.57. The number of hydrogen-bond acceptors (Lipinski definition) is 4. The molecule has 0 amide bonds. The van der Waals surface area contributed by atoms with E-state index in [0.29, 0.717) is 21.6 Å². The molecule has 0 aromatic heterocycles. The second kappa shape index (κ2) is 6.34. The smallest absolute Gasteiger partial charge is 0.217 e. The molecule has 21 heavy (non-hydrogen) atoms. The molecule has 120 valence electrons. The van der Waals surface area contributed by atoms with E-state index in [-0.39, 0.29) is 18.5 Å². The number of ether oxygens (including phenoxy) is 3. The number of thiol groups is 1. The molecular weight excluding hydrogens is 304 g/mol. The minimum absolute atomic E-state index is 0.0187. The molecule has 0 N–H and O–H groups in total. The van der Waals surface area contributed by atoms with Crippen molar-refractivity contribution >= 4 is 29.2 Å². The van der Waals surface area contributed by atoms with Crippen LogP contribution in [0.1, 0.15) is 52.4 Å². The third kappa shape index (κ3) is 3.57. The van der Waals surface area contributed by atoms with E-state index in [1.807, 2.05) is 0 Å². The molecule has 0 spiro atoms. The van der Waals surface area contributed by atoms with Gasteiger partial charge in [-0.1, -0.05) is 26.5 Å². The number of hydrogen-bond donors (Lipinski definition) is 1. The van der Waals surface area contributed by atoms with Gasteiger partial charge < -0.3 is 14.2 Å². The van der Waals surface area contributed by atoms with Crippen molar-refractivity contribution in [2.75, 3.05) is 6.61 Å².